The molecule has 0 N–H and O–H groups in total. The van der Waals surface area contributed by atoms with E-state index in [1.54, 1.807) is 18.2 Å². The van der Waals surface area contributed by atoms with Crippen LogP contribution in [0, 0.1) is 5.82 Å². The lowest BCUT2D eigenvalue weighted by Gasteiger charge is -2.09. The third-order valence-corrected chi connectivity index (χ3v) is 3.42. The molecule has 0 radical (unpaired) electrons. The summed E-state index contributed by atoms with van der Waals surface area (Å²) in [6.07, 6.45) is 0. The predicted molar refractivity (Wildman–Crippen MR) is 74.4 cm³/mol. The number of hydrogen-bond acceptors (Lipinski definition) is 1. The lowest BCUT2D eigenvalue weighted by Crippen LogP contribution is -1.98. The molecule has 0 aliphatic heterocycles. The Morgan fingerprint density at radius 2 is 1.94 bits per heavy atom. The van der Waals surface area contributed by atoms with Crippen LogP contribution >= 0.6 is 27.5 Å². The Bertz CT molecular complexity index is 545. The van der Waals surface area contributed by atoms with Crippen LogP contribution in [0.2, 0.25) is 0 Å². The molecule has 0 heterocycles. The summed E-state index contributed by atoms with van der Waals surface area (Å²) in [6, 6.07) is 12.2. The monoisotopic (exact) mass is 328 g/mol. The van der Waals surface area contributed by atoms with Crippen molar-refractivity contribution in [1.82, 2.24) is 0 Å². The molecule has 0 aliphatic rings. The fourth-order valence-electron chi connectivity index (χ4n) is 1.52. The fraction of sp³-hybridized carbons (Fsp3) is 0.143. The maximum Gasteiger partial charge on any atom is 0.134 e. The standard InChI is InChI=1S/C14H11BrClFO/c15-12-7-10(8-16)5-6-14(12)18-9-11-3-1-2-4-13(11)17/h1-7H,8-9H2. The van der Waals surface area contributed by atoms with E-state index in [0.717, 1.165) is 10.0 Å². The van der Waals surface area contributed by atoms with Gasteiger partial charge in [0.05, 0.1) is 4.47 Å². The molecule has 2 aromatic rings. The second-order valence-electron chi connectivity index (χ2n) is 3.78. The SMILES string of the molecule is Fc1ccccc1COc1ccc(CCl)cc1Br. The van der Waals surface area contributed by atoms with Gasteiger partial charge in [-0.15, -0.1) is 11.6 Å². The van der Waals surface area contributed by atoms with Crippen LogP contribution in [0.25, 0.3) is 0 Å². The Morgan fingerprint density at radius 3 is 2.61 bits per heavy atom. The van der Waals surface area contributed by atoms with Crippen molar-refractivity contribution < 1.29 is 9.13 Å². The van der Waals surface area contributed by atoms with Crippen LogP contribution in [-0.4, -0.2) is 0 Å². The molecular weight excluding hydrogens is 319 g/mol. The quantitative estimate of drug-likeness (QED) is 0.725. The predicted octanol–water partition coefficient (Wildman–Crippen LogP) is 4.91. The third-order valence-electron chi connectivity index (χ3n) is 2.49. The summed E-state index contributed by atoms with van der Waals surface area (Å²) in [6.45, 7) is 0.200. The third kappa shape index (κ3) is 3.24. The van der Waals surface area contributed by atoms with E-state index in [9.17, 15) is 4.39 Å². The number of rotatable bonds is 4. The summed E-state index contributed by atoms with van der Waals surface area (Å²) in [5, 5.41) is 0. The second kappa shape index (κ2) is 6.21. The van der Waals surface area contributed by atoms with E-state index in [0.29, 0.717) is 17.2 Å². The first-order chi connectivity index (χ1) is 8.70. The van der Waals surface area contributed by atoms with Crippen molar-refractivity contribution in [3.8, 4) is 5.75 Å². The van der Waals surface area contributed by atoms with Crippen LogP contribution < -0.4 is 4.74 Å². The van der Waals surface area contributed by atoms with Crippen molar-refractivity contribution in [2.45, 2.75) is 12.5 Å². The topological polar surface area (TPSA) is 9.23 Å². The zero-order chi connectivity index (χ0) is 13.0. The summed E-state index contributed by atoms with van der Waals surface area (Å²) in [5.41, 5.74) is 1.53. The Labute approximate surface area is 119 Å². The summed E-state index contributed by atoms with van der Waals surface area (Å²) in [5.74, 6) is 0.866. The van der Waals surface area contributed by atoms with Crippen molar-refractivity contribution in [2.24, 2.45) is 0 Å². The largest absolute Gasteiger partial charge is 0.488 e. The molecule has 94 valence electrons. The first-order valence-corrected chi connectivity index (χ1v) is 6.74. The average Bonchev–Trinajstić information content (AvgIpc) is 2.39. The van der Waals surface area contributed by atoms with Gasteiger partial charge in [0.1, 0.15) is 18.2 Å². The molecule has 0 amide bonds. The molecule has 0 unspecified atom stereocenters. The van der Waals surface area contributed by atoms with Gasteiger partial charge in [-0.1, -0.05) is 24.3 Å². The van der Waals surface area contributed by atoms with Gasteiger partial charge in [0.15, 0.2) is 0 Å². The van der Waals surface area contributed by atoms with Crippen molar-refractivity contribution in [3.05, 3.63) is 63.9 Å². The van der Waals surface area contributed by atoms with Gasteiger partial charge in [-0.2, -0.15) is 0 Å². The van der Waals surface area contributed by atoms with Crippen molar-refractivity contribution >= 4 is 27.5 Å². The van der Waals surface area contributed by atoms with Gasteiger partial charge in [0.2, 0.25) is 0 Å². The smallest absolute Gasteiger partial charge is 0.134 e. The lowest BCUT2D eigenvalue weighted by molar-refractivity contribution is 0.298. The Morgan fingerprint density at radius 1 is 1.17 bits per heavy atom. The average molecular weight is 330 g/mol. The number of hydrogen-bond donors (Lipinski definition) is 0. The van der Waals surface area contributed by atoms with Crippen molar-refractivity contribution in [3.63, 3.8) is 0 Å². The fourth-order valence-corrected chi connectivity index (χ4v) is 2.22. The zero-order valence-electron chi connectivity index (χ0n) is 9.50. The summed E-state index contributed by atoms with van der Waals surface area (Å²) < 4.78 is 19.8. The minimum Gasteiger partial charge on any atom is -0.488 e. The minimum atomic E-state index is -0.258. The van der Waals surface area contributed by atoms with Gasteiger partial charge < -0.3 is 4.74 Å². The molecule has 0 saturated carbocycles. The highest BCUT2D eigenvalue weighted by Crippen LogP contribution is 2.27. The normalized spacial score (nSPS) is 10.4. The Hall–Kier alpha value is -1.06. The minimum absolute atomic E-state index is 0.200. The van der Waals surface area contributed by atoms with E-state index in [-0.39, 0.29) is 12.4 Å². The van der Waals surface area contributed by atoms with E-state index >= 15 is 0 Å². The van der Waals surface area contributed by atoms with E-state index in [4.69, 9.17) is 16.3 Å². The highest BCUT2D eigenvalue weighted by atomic mass is 79.9. The molecule has 18 heavy (non-hydrogen) atoms. The molecule has 4 heteroatoms. The molecular formula is C14H11BrClFO. The molecule has 0 atom stereocenters. The highest BCUT2D eigenvalue weighted by molar-refractivity contribution is 9.10. The van der Waals surface area contributed by atoms with E-state index in [1.807, 2.05) is 18.2 Å². The molecule has 0 fully saturated rings. The van der Waals surface area contributed by atoms with Crippen LogP contribution in [0.4, 0.5) is 4.39 Å². The molecule has 1 nitrogen and oxygen atoms in total. The first-order valence-electron chi connectivity index (χ1n) is 5.41. The number of ether oxygens (including phenoxy) is 1. The van der Waals surface area contributed by atoms with Crippen molar-refractivity contribution in [1.29, 1.82) is 0 Å². The molecule has 0 saturated heterocycles. The van der Waals surface area contributed by atoms with Crippen LogP contribution in [0.5, 0.6) is 5.75 Å². The van der Waals surface area contributed by atoms with E-state index in [2.05, 4.69) is 15.9 Å². The number of halogens is 3. The zero-order valence-corrected chi connectivity index (χ0v) is 11.8. The highest BCUT2D eigenvalue weighted by Gasteiger charge is 2.05. The van der Waals surface area contributed by atoms with Gasteiger partial charge in [-0.25, -0.2) is 4.39 Å². The van der Waals surface area contributed by atoms with Gasteiger partial charge in [-0.3, -0.25) is 0 Å². The van der Waals surface area contributed by atoms with E-state index < -0.39 is 0 Å². The van der Waals surface area contributed by atoms with Crippen molar-refractivity contribution in [2.75, 3.05) is 0 Å². The molecule has 0 bridgehead atoms. The van der Waals surface area contributed by atoms with Crippen LogP contribution in [0.1, 0.15) is 11.1 Å². The molecule has 0 aromatic heterocycles. The molecule has 0 spiro atoms. The number of benzene rings is 2. The Balaban J connectivity index is 2.09. The molecule has 0 aliphatic carbocycles. The first kappa shape index (κ1) is 13.4. The summed E-state index contributed by atoms with van der Waals surface area (Å²) in [4.78, 5) is 0. The van der Waals surface area contributed by atoms with Gasteiger partial charge in [0, 0.05) is 11.4 Å². The summed E-state index contributed by atoms with van der Waals surface area (Å²) in [7, 11) is 0. The Kier molecular flexibility index (Phi) is 4.61. The van der Waals surface area contributed by atoms with Gasteiger partial charge in [-0.05, 0) is 39.7 Å². The van der Waals surface area contributed by atoms with Gasteiger partial charge in [0.25, 0.3) is 0 Å². The molecule has 2 rings (SSSR count). The second-order valence-corrected chi connectivity index (χ2v) is 4.90. The molecule has 2 aromatic carbocycles. The van der Waals surface area contributed by atoms with Crippen LogP contribution in [0.15, 0.2) is 46.9 Å². The van der Waals surface area contributed by atoms with Crippen LogP contribution in [0.3, 0.4) is 0 Å². The van der Waals surface area contributed by atoms with Gasteiger partial charge >= 0.3 is 0 Å². The lowest BCUT2D eigenvalue weighted by atomic mass is 10.2. The maximum absolute atomic E-state index is 13.4. The van der Waals surface area contributed by atoms with Crippen LogP contribution in [-0.2, 0) is 12.5 Å². The summed E-state index contributed by atoms with van der Waals surface area (Å²) >= 11 is 9.14. The van der Waals surface area contributed by atoms with E-state index in [1.165, 1.54) is 6.07 Å². The maximum atomic E-state index is 13.4. The number of alkyl halides is 1.